The number of Topliss-reactive ketones (excluding diaryl/α,β-unsaturated/α-hetero) is 1. The van der Waals surface area contributed by atoms with Crippen LogP contribution in [0.3, 0.4) is 0 Å². The molecule has 184 valence electrons. The third-order valence-corrected chi connectivity index (χ3v) is 4.09. The lowest BCUT2D eigenvalue weighted by atomic mass is 10.2. The van der Waals surface area contributed by atoms with Crippen LogP contribution in [0.4, 0.5) is 0 Å². The molecule has 3 aromatic carbocycles. The zero-order valence-corrected chi connectivity index (χ0v) is 20.4. The van der Waals surface area contributed by atoms with Crippen LogP contribution in [0, 0.1) is 0 Å². The highest BCUT2D eigenvalue weighted by molar-refractivity contribution is 5.93. The lowest BCUT2D eigenvalue weighted by molar-refractivity contribution is -0.131. The molecule has 0 bridgehead atoms. The number of hydrogen-bond donors (Lipinski definition) is 1. The molecule has 7 nitrogen and oxygen atoms in total. The Balaban J connectivity index is 0.000000317. The van der Waals surface area contributed by atoms with Crippen LogP contribution in [0.25, 0.3) is 0 Å². The van der Waals surface area contributed by atoms with E-state index in [2.05, 4.69) is 5.32 Å². The summed E-state index contributed by atoms with van der Waals surface area (Å²) in [6.07, 6.45) is 1.01. The molecular formula is C28H31NO6. The van der Waals surface area contributed by atoms with Crippen molar-refractivity contribution in [2.75, 3.05) is 6.54 Å². The Hall–Kier alpha value is -4.26. The average molecular weight is 478 g/mol. The number of ketones is 1. The highest BCUT2D eigenvalue weighted by Crippen LogP contribution is 2.20. The van der Waals surface area contributed by atoms with Crippen LogP contribution in [0.1, 0.15) is 54.8 Å². The van der Waals surface area contributed by atoms with Gasteiger partial charge in [-0.1, -0.05) is 61.5 Å². The first-order valence-corrected chi connectivity index (χ1v) is 11.1. The Kier molecular flexibility index (Phi) is 13.5. The minimum Gasteiger partial charge on any atom is -0.427 e. The zero-order chi connectivity index (χ0) is 26.1. The summed E-state index contributed by atoms with van der Waals surface area (Å²) >= 11 is 0. The van der Waals surface area contributed by atoms with Crippen LogP contribution in [0.5, 0.6) is 11.5 Å². The van der Waals surface area contributed by atoms with E-state index in [1.807, 2.05) is 43.3 Å². The van der Waals surface area contributed by atoms with Crippen LogP contribution >= 0.6 is 0 Å². The molecule has 3 rings (SSSR count). The summed E-state index contributed by atoms with van der Waals surface area (Å²) in [7, 11) is 0. The second-order valence-electron chi connectivity index (χ2n) is 7.23. The van der Waals surface area contributed by atoms with Crippen molar-refractivity contribution in [3.8, 4) is 11.5 Å². The molecular weight excluding hydrogens is 446 g/mol. The normalized spacial score (nSPS) is 9.26. The van der Waals surface area contributed by atoms with E-state index in [0.29, 0.717) is 17.1 Å². The van der Waals surface area contributed by atoms with Gasteiger partial charge in [-0.2, -0.15) is 0 Å². The Morgan fingerprint density at radius 3 is 1.60 bits per heavy atom. The number of hydrogen-bond acceptors (Lipinski definition) is 6. The molecule has 0 atom stereocenters. The van der Waals surface area contributed by atoms with Gasteiger partial charge in [-0.05, 0) is 37.6 Å². The number of nitrogens with one attached hydrogen (secondary N) is 1. The quantitative estimate of drug-likeness (QED) is 0.296. The lowest BCUT2D eigenvalue weighted by Gasteiger charge is -2.06. The van der Waals surface area contributed by atoms with Gasteiger partial charge in [0.25, 0.3) is 0 Å². The molecule has 3 aromatic rings. The molecule has 0 radical (unpaired) electrons. The molecule has 0 heterocycles. The number of carbonyl (C=O) groups is 4. The standard InChI is InChI=1S/C15H12O4.C8H8O.C5H11NO/c1-11(16)18-13-8-5-9-14(10-13)19-15(17)12-6-3-2-4-7-12;1-7(9)8-5-3-2-4-6-8;1-3-4-6-5(2)7/h2-10H,1H3;2-6H,1H3;3-4H2,1-2H3,(H,6,7). The minimum absolute atomic E-state index is 0.0573. The van der Waals surface area contributed by atoms with Crippen LogP contribution in [-0.2, 0) is 9.59 Å². The number of benzene rings is 3. The van der Waals surface area contributed by atoms with E-state index in [-0.39, 0.29) is 11.7 Å². The molecule has 0 aliphatic carbocycles. The summed E-state index contributed by atoms with van der Waals surface area (Å²) in [6, 6.07) is 24.3. The second-order valence-corrected chi connectivity index (χ2v) is 7.23. The van der Waals surface area contributed by atoms with Gasteiger partial charge in [0.1, 0.15) is 11.5 Å². The molecule has 0 saturated carbocycles. The van der Waals surface area contributed by atoms with E-state index in [4.69, 9.17) is 9.47 Å². The van der Waals surface area contributed by atoms with E-state index in [1.165, 1.54) is 19.9 Å². The van der Waals surface area contributed by atoms with E-state index in [1.54, 1.807) is 49.4 Å². The smallest absolute Gasteiger partial charge is 0.343 e. The SMILES string of the molecule is CC(=O)Oc1cccc(OC(=O)c2ccccc2)c1.CC(=O)c1ccccc1.CCCNC(C)=O. The van der Waals surface area contributed by atoms with Gasteiger partial charge >= 0.3 is 11.9 Å². The molecule has 35 heavy (non-hydrogen) atoms. The predicted octanol–water partition coefficient (Wildman–Crippen LogP) is 5.25. The van der Waals surface area contributed by atoms with Crippen molar-refractivity contribution in [2.45, 2.75) is 34.1 Å². The fourth-order valence-electron chi connectivity index (χ4n) is 2.48. The Morgan fingerprint density at radius 1 is 0.686 bits per heavy atom. The van der Waals surface area contributed by atoms with Crippen molar-refractivity contribution in [1.29, 1.82) is 0 Å². The largest absolute Gasteiger partial charge is 0.427 e. The van der Waals surface area contributed by atoms with Crippen molar-refractivity contribution in [3.63, 3.8) is 0 Å². The van der Waals surface area contributed by atoms with Crippen molar-refractivity contribution in [1.82, 2.24) is 5.32 Å². The first-order valence-electron chi connectivity index (χ1n) is 11.1. The lowest BCUT2D eigenvalue weighted by Crippen LogP contribution is -2.19. The predicted molar refractivity (Wildman–Crippen MR) is 135 cm³/mol. The second kappa shape index (κ2) is 16.4. The maximum atomic E-state index is 11.8. The molecule has 7 heteroatoms. The third kappa shape index (κ3) is 13.1. The van der Waals surface area contributed by atoms with Crippen LogP contribution in [-0.4, -0.2) is 30.2 Å². The highest BCUT2D eigenvalue weighted by atomic mass is 16.5. The topological polar surface area (TPSA) is 98.8 Å². The zero-order valence-electron chi connectivity index (χ0n) is 20.4. The van der Waals surface area contributed by atoms with E-state index in [0.717, 1.165) is 18.5 Å². The Bertz CT molecular complexity index is 1080. The molecule has 0 aliphatic rings. The first kappa shape index (κ1) is 28.8. The van der Waals surface area contributed by atoms with Gasteiger partial charge < -0.3 is 14.8 Å². The number of ether oxygens (including phenoxy) is 2. The molecule has 0 aromatic heterocycles. The van der Waals surface area contributed by atoms with Crippen LogP contribution in [0.15, 0.2) is 84.9 Å². The summed E-state index contributed by atoms with van der Waals surface area (Å²) in [5.74, 6) is -0.0389. The van der Waals surface area contributed by atoms with E-state index in [9.17, 15) is 19.2 Å². The first-order chi connectivity index (χ1) is 16.7. The van der Waals surface area contributed by atoms with Crippen molar-refractivity contribution in [3.05, 3.63) is 96.1 Å². The maximum Gasteiger partial charge on any atom is 0.343 e. The van der Waals surface area contributed by atoms with Crippen molar-refractivity contribution < 1.29 is 28.7 Å². The van der Waals surface area contributed by atoms with Gasteiger partial charge in [0, 0.05) is 32.0 Å². The maximum absolute atomic E-state index is 11.8. The fourth-order valence-corrected chi connectivity index (χ4v) is 2.48. The third-order valence-electron chi connectivity index (χ3n) is 4.09. The molecule has 0 aliphatic heterocycles. The van der Waals surface area contributed by atoms with E-state index < -0.39 is 11.9 Å². The molecule has 0 unspecified atom stereocenters. The van der Waals surface area contributed by atoms with Gasteiger partial charge in [-0.3, -0.25) is 14.4 Å². The van der Waals surface area contributed by atoms with Crippen LogP contribution < -0.4 is 14.8 Å². The summed E-state index contributed by atoms with van der Waals surface area (Å²) < 4.78 is 10.1. The van der Waals surface area contributed by atoms with Gasteiger partial charge in [0.05, 0.1) is 5.56 Å². The molecule has 1 N–H and O–H groups in total. The van der Waals surface area contributed by atoms with Crippen LogP contribution in [0.2, 0.25) is 0 Å². The Morgan fingerprint density at radius 2 is 1.20 bits per heavy atom. The van der Waals surface area contributed by atoms with Gasteiger partial charge in [0.2, 0.25) is 5.91 Å². The van der Waals surface area contributed by atoms with Gasteiger partial charge in [-0.25, -0.2) is 4.79 Å². The number of amides is 1. The average Bonchev–Trinajstić information content (AvgIpc) is 2.84. The van der Waals surface area contributed by atoms with E-state index >= 15 is 0 Å². The highest BCUT2D eigenvalue weighted by Gasteiger charge is 2.08. The summed E-state index contributed by atoms with van der Waals surface area (Å²) in [4.78, 5) is 43.4. The van der Waals surface area contributed by atoms with Gasteiger partial charge in [0.15, 0.2) is 5.78 Å². The molecule has 0 fully saturated rings. The fraction of sp³-hybridized carbons (Fsp3) is 0.214. The number of esters is 2. The van der Waals surface area contributed by atoms with Crippen molar-refractivity contribution in [2.24, 2.45) is 0 Å². The molecule has 1 amide bonds. The van der Waals surface area contributed by atoms with Gasteiger partial charge in [-0.15, -0.1) is 0 Å². The minimum atomic E-state index is -0.458. The monoisotopic (exact) mass is 477 g/mol. The molecule has 0 spiro atoms. The summed E-state index contributed by atoms with van der Waals surface area (Å²) in [5.41, 5.74) is 1.23. The molecule has 0 saturated heterocycles. The summed E-state index contributed by atoms with van der Waals surface area (Å²) in [5, 5.41) is 2.66. The Labute approximate surface area is 206 Å². The summed E-state index contributed by atoms with van der Waals surface area (Å²) in [6.45, 7) is 7.22. The number of rotatable bonds is 6. The number of carbonyl (C=O) groups excluding carboxylic acids is 4. The van der Waals surface area contributed by atoms with Crippen molar-refractivity contribution >= 4 is 23.6 Å².